The van der Waals surface area contributed by atoms with Crippen LogP contribution in [-0.4, -0.2) is 12.2 Å². The first kappa shape index (κ1) is 14.4. The highest BCUT2D eigenvalue weighted by atomic mass is 32.2. The zero-order chi connectivity index (χ0) is 14.4. The van der Waals surface area contributed by atoms with Gasteiger partial charge in [0.05, 0.1) is 0 Å². The predicted molar refractivity (Wildman–Crippen MR) is 87.1 cm³/mol. The maximum Gasteiger partial charge on any atom is 0.248 e. The van der Waals surface area contributed by atoms with E-state index in [0.29, 0.717) is 0 Å². The minimum Gasteiger partial charge on any atom is -0.323 e. The van der Waals surface area contributed by atoms with Crippen LogP contribution in [0.15, 0.2) is 59.5 Å². The fourth-order valence-corrected chi connectivity index (χ4v) is 2.12. The normalized spacial score (nSPS) is 10.7. The molecular formula is C17H17NOS. The van der Waals surface area contributed by atoms with Crippen molar-refractivity contribution in [3.8, 4) is 0 Å². The third-order valence-corrected chi connectivity index (χ3v) is 3.61. The van der Waals surface area contributed by atoms with Crippen molar-refractivity contribution in [2.24, 2.45) is 0 Å². The van der Waals surface area contributed by atoms with E-state index in [4.69, 9.17) is 0 Å². The number of hydrogen-bond acceptors (Lipinski definition) is 2. The lowest BCUT2D eigenvalue weighted by atomic mass is 10.1. The van der Waals surface area contributed by atoms with Gasteiger partial charge in [-0.25, -0.2) is 0 Å². The van der Waals surface area contributed by atoms with Crippen molar-refractivity contribution in [1.82, 2.24) is 0 Å². The topological polar surface area (TPSA) is 29.1 Å². The number of carbonyl (C=O) groups is 1. The number of amides is 1. The number of benzene rings is 2. The van der Waals surface area contributed by atoms with Crippen LogP contribution in [0.1, 0.15) is 11.1 Å². The molecule has 102 valence electrons. The van der Waals surface area contributed by atoms with Crippen LogP contribution >= 0.6 is 11.8 Å². The Hall–Kier alpha value is -2.00. The second-order valence-electron chi connectivity index (χ2n) is 4.46. The van der Waals surface area contributed by atoms with Crippen molar-refractivity contribution in [2.45, 2.75) is 11.8 Å². The van der Waals surface area contributed by atoms with Crippen molar-refractivity contribution in [3.63, 3.8) is 0 Å². The van der Waals surface area contributed by atoms with Crippen molar-refractivity contribution >= 4 is 29.4 Å². The zero-order valence-corrected chi connectivity index (χ0v) is 12.4. The summed E-state index contributed by atoms with van der Waals surface area (Å²) >= 11 is 1.68. The molecule has 0 aliphatic carbocycles. The Morgan fingerprint density at radius 1 is 1.05 bits per heavy atom. The summed E-state index contributed by atoms with van der Waals surface area (Å²) in [6, 6.07) is 15.8. The summed E-state index contributed by atoms with van der Waals surface area (Å²) in [5.74, 6) is -0.123. The number of hydrogen-bond donors (Lipinski definition) is 1. The van der Waals surface area contributed by atoms with E-state index in [1.54, 1.807) is 17.8 Å². The Bertz CT molecular complexity index is 600. The lowest BCUT2D eigenvalue weighted by Gasteiger charge is -2.03. The molecule has 3 heteroatoms. The minimum absolute atomic E-state index is 0.123. The molecule has 0 fully saturated rings. The summed E-state index contributed by atoms with van der Waals surface area (Å²) < 4.78 is 0. The van der Waals surface area contributed by atoms with E-state index in [1.165, 1.54) is 10.5 Å². The number of carbonyl (C=O) groups excluding carboxylic acids is 1. The van der Waals surface area contributed by atoms with E-state index >= 15 is 0 Å². The Morgan fingerprint density at radius 3 is 2.30 bits per heavy atom. The van der Waals surface area contributed by atoms with E-state index in [-0.39, 0.29) is 5.91 Å². The molecule has 0 saturated heterocycles. The highest BCUT2D eigenvalue weighted by Gasteiger charge is 1.98. The quantitative estimate of drug-likeness (QED) is 0.667. The second-order valence-corrected chi connectivity index (χ2v) is 5.34. The number of aryl methyl sites for hydroxylation is 1. The van der Waals surface area contributed by atoms with Crippen LogP contribution in [0.4, 0.5) is 5.69 Å². The molecule has 1 amide bonds. The van der Waals surface area contributed by atoms with E-state index in [1.807, 2.05) is 67.8 Å². The molecule has 0 spiro atoms. The molecule has 0 aliphatic rings. The second kappa shape index (κ2) is 6.96. The molecule has 0 unspecified atom stereocenters. The van der Waals surface area contributed by atoms with Gasteiger partial charge in [-0.05, 0) is 49.1 Å². The molecule has 0 aliphatic heterocycles. The molecule has 2 aromatic carbocycles. The van der Waals surface area contributed by atoms with Gasteiger partial charge < -0.3 is 5.32 Å². The Labute approximate surface area is 123 Å². The summed E-state index contributed by atoms with van der Waals surface area (Å²) in [7, 11) is 0. The van der Waals surface area contributed by atoms with Crippen molar-refractivity contribution in [2.75, 3.05) is 11.6 Å². The average molecular weight is 283 g/mol. The number of thioether (sulfide) groups is 1. The van der Waals surface area contributed by atoms with E-state index in [9.17, 15) is 4.79 Å². The fourth-order valence-electron chi connectivity index (χ4n) is 1.71. The van der Waals surface area contributed by atoms with Crippen molar-refractivity contribution < 1.29 is 4.79 Å². The van der Waals surface area contributed by atoms with Crippen molar-refractivity contribution in [3.05, 3.63) is 65.7 Å². The first-order chi connectivity index (χ1) is 9.67. The number of nitrogens with one attached hydrogen (secondary N) is 1. The van der Waals surface area contributed by atoms with Gasteiger partial charge in [0.25, 0.3) is 0 Å². The van der Waals surface area contributed by atoms with Gasteiger partial charge in [0.15, 0.2) is 0 Å². The van der Waals surface area contributed by atoms with Gasteiger partial charge in [-0.2, -0.15) is 0 Å². The van der Waals surface area contributed by atoms with Crippen LogP contribution < -0.4 is 5.32 Å². The lowest BCUT2D eigenvalue weighted by Crippen LogP contribution is -2.07. The minimum atomic E-state index is -0.123. The largest absolute Gasteiger partial charge is 0.323 e. The first-order valence-electron chi connectivity index (χ1n) is 6.37. The van der Waals surface area contributed by atoms with Gasteiger partial charge in [0, 0.05) is 16.7 Å². The molecule has 0 heterocycles. The summed E-state index contributed by atoms with van der Waals surface area (Å²) in [5.41, 5.74) is 3.03. The molecule has 20 heavy (non-hydrogen) atoms. The molecule has 2 aromatic rings. The fraction of sp³-hybridized carbons (Fsp3) is 0.118. The first-order valence-corrected chi connectivity index (χ1v) is 7.59. The van der Waals surface area contributed by atoms with E-state index in [2.05, 4.69) is 5.32 Å². The summed E-state index contributed by atoms with van der Waals surface area (Å²) in [5, 5.41) is 2.84. The van der Waals surface area contributed by atoms with Gasteiger partial charge in [-0.15, -0.1) is 11.8 Å². The third-order valence-electron chi connectivity index (χ3n) is 2.86. The highest BCUT2D eigenvalue weighted by Crippen LogP contribution is 2.17. The highest BCUT2D eigenvalue weighted by molar-refractivity contribution is 7.98. The van der Waals surface area contributed by atoms with Crippen LogP contribution in [0.3, 0.4) is 0 Å². The summed E-state index contributed by atoms with van der Waals surface area (Å²) in [6.45, 7) is 2.04. The lowest BCUT2D eigenvalue weighted by molar-refractivity contribution is -0.111. The molecule has 0 bridgehead atoms. The molecule has 0 saturated carbocycles. The van der Waals surface area contributed by atoms with Gasteiger partial charge in [-0.3, -0.25) is 4.79 Å². The SMILES string of the molecule is CSc1ccc(NC(=O)/C=C/c2ccc(C)cc2)cc1. The van der Waals surface area contributed by atoms with E-state index < -0.39 is 0 Å². The zero-order valence-electron chi connectivity index (χ0n) is 11.6. The molecule has 0 atom stereocenters. The Balaban J connectivity index is 1.96. The van der Waals surface area contributed by atoms with Gasteiger partial charge in [0.1, 0.15) is 0 Å². The Morgan fingerprint density at radius 2 is 1.70 bits per heavy atom. The molecule has 2 rings (SSSR count). The Kier molecular flexibility index (Phi) is 5.02. The maximum absolute atomic E-state index is 11.8. The monoisotopic (exact) mass is 283 g/mol. The number of anilines is 1. The van der Waals surface area contributed by atoms with Crippen LogP contribution in [0, 0.1) is 6.92 Å². The summed E-state index contributed by atoms with van der Waals surface area (Å²) in [6.07, 6.45) is 5.39. The van der Waals surface area contributed by atoms with Crippen LogP contribution in [0.2, 0.25) is 0 Å². The maximum atomic E-state index is 11.8. The van der Waals surface area contributed by atoms with Crippen LogP contribution in [0.5, 0.6) is 0 Å². The third kappa shape index (κ3) is 4.28. The van der Waals surface area contributed by atoms with Crippen molar-refractivity contribution in [1.29, 1.82) is 0 Å². The predicted octanol–water partition coefficient (Wildman–Crippen LogP) is 4.37. The van der Waals surface area contributed by atoms with Gasteiger partial charge >= 0.3 is 0 Å². The molecule has 2 nitrogen and oxygen atoms in total. The van der Waals surface area contributed by atoms with Gasteiger partial charge in [0.2, 0.25) is 5.91 Å². The standard InChI is InChI=1S/C17H17NOS/c1-13-3-5-14(6-4-13)7-12-17(19)18-15-8-10-16(20-2)11-9-15/h3-12H,1-2H3,(H,18,19)/b12-7+. The van der Waals surface area contributed by atoms with E-state index in [0.717, 1.165) is 11.3 Å². The molecule has 0 aromatic heterocycles. The molecular weight excluding hydrogens is 266 g/mol. The average Bonchev–Trinajstić information content (AvgIpc) is 2.47. The summed E-state index contributed by atoms with van der Waals surface area (Å²) in [4.78, 5) is 13.0. The smallest absolute Gasteiger partial charge is 0.248 e. The van der Waals surface area contributed by atoms with Gasteiger partial charge in [-0.1, -0.05) is 29.8 Å². The molecule has 1 N–H and O–H groups in total. The molecule has 0 radical (unpaired) electrons. The van der Waals surface area contributed by atoms with Crippen LogP contribution in [-0.2, 0) is 4.79 Å². The van der Waals surface area contributed by atoms with Crippen LogP contribution in [0.25, 0.3) is 6.08 Å². The number of rotatable bonds is 4.